The van der Waals surface area contributed by atoms with Crippen LogP contribution in [0.2, 0.25) is 0 Å². The largest absolute Gasteiger partial charge is 0.398 e. The van der Waals surface area contributed by atoms with Gasteiger partial charge in [0, 0.05) is 42.7 Å². The predicted molar refractivity (Wildman–Crippen MR) is 150 cm³/mol. The number of nitrogens with one attached hydrogen (secondary N) is 4. The minimum absolute atomic E-state index is 0.0936. The molecule has 1 heterocycles. The molecule has 3 rings (SSSR count). The number of aldehydes is 1. The molecule has 208 valence electrons. The molecular formula is C29H30F2N6O3. The SMILES string of the molecule is CN/C(C)=C(/C(=O)NC/C=C/c1ccc(/C(C=O)=C/c2[nH]cnc2C)c(N)c1)C(=O)NCc1ccc(F)c(F)c1. The van der Waals surface area contributed by atoms with Gasteiger partial charge in [0.05, 0.1) is 17.7 Å². The zero-order chi connectivity index (χ0) is 29.2. The van der Waals surface area contributed by atoms with Crippen molar-refractivity contribution in [1.82, 2.24) is 25.9 Å². The van der Waals surface area contributed by atoms with Gasteiger partial charge in [0.25, 0.3) is 11.8 Å². The van der Waals surface area contributed by atoms with Crippen LogP contribution in [0.5, 0.6) is 0 Å². The van der Waals surface area contributed by atoms with E-state index in [0.29, 0.717) is 33.8 Å². The first-order valence-electron chi connectivity index (χ1n) is 12.3. The molecule has 40 heavy (non-hydrogen) atoms. The average Bonchev–Trinajstić information content (AvgIpc) is 3.34. The van der Waals surface area contributed by atoms with E-state index < -0.39 is 23.4 Å². The third-order valence-corrected chi connectivity index (χ3v) is 6.01. The van der Waals surface area contributed by atoms with E-state index in [1.807, 2.05) is 6.92 Å². The lowest BCUT2D eigenvalue weighted by Gasteiger charge is -2.12. The maximum Gasteiger partial charge on any atom is 0.258 e. The van der Waals surface area contributed by atoms with Gasteiger partial charge < -0.3 is 26.7 Å². The van der Waals surface area contributed by atoms with Crippen molar-refractivity contribution in [2.45, 2.75) is 20.4 Å². The minimum Gasteiger partial charge on any atom is -0.398 e. The summed E-state index contributed by atoms with van der Waals surface area (Å²) in [5.74, 6) is -3.31. The number of hydrogen-bond donors (Lipinski definition) is 5. The Bertz CT molecular complexity index is 1510. The van der Waals surface area contributed by atoms with Gasteiger partial charge in [-0.2, -0.15) is 0 Å². The zero-order valence-corrected chi connectivity index (χ0v) is 22.3. The molecule has 0 radical (unpaired) electrons. The Hall–Kier alpha value is -5.06. The van der Waals surface area contributed by atoms with Gasteiger partial charge in [-0.15, -0.1) is 0 Å². The number of nitrogen functional groups attached to an aromatic ring is 1. The highest BCUT2D eigenvalue weighted by atomic mass is 19.2. The Morgan fingerprint density at radius 2 is 1.82 bits per heavy atom. The van der Waals surface area contributed by atoms with Crippen molar-refractivity contribution in [2.24, 2.45) is 0 Å². The summed E-state index contributed by atoms with van der Waals surface area (Å²) in [5.41, 5.74) is 10.3. The molecule has 0 saturated heterocycles. The van der Waals surface area contributed by atoms with Gasteiger partial charge >= 0.3 is 0 Å². The van der Waals surface area contributed by atoms with Crippen LogP contribution in [0.15, 0.2) is 60.1 Å². The van der Waals surface area contributed by atoms with Crippen molar-refractivity contribution in [3.63, 3.8) is 0 Å². The number of aryl methyl sites for hydroxylation is 1. The van der Waals surface area contributed by atoms with E-state index >= 15 is 0 Å². The van der Waals surface area contributed by atoms with E-state index in [2.05, 4.69) is 25.9 Å². The molecule has 0 aliphatic rings. The molecule has 6 N–H and O–H groups in total. The topological polar surface area (TPSA) is 142 Å². The summed E-state index contributed by atoms with van der Waals surface area (Å²) < 4.78 is 26.6. The number of nitrogens with zero attached hydrogens (tertiary/aromatic N) is 1. The van der Waals surface area contributed by atoms with Crippen LogP contribution in [0.3, 0.4) is 0 Å². The van der Waals surface area contributed by atoms with Crippen molar-refractivity contribution < 1.29 is 23.2 Å². The molecule has 1 aromatic heterocycles. The summed E-state index contributed by atoms with van der Waals surface area (Å²) in [6.45, 7) is 3.41. The van der Waals surface area contributed by atoms with Crippen LogP contribution in [0.4, 0.5) is 14.5 Å². The van der Waals surface area contributed by atoms with Crippen LogP contribution in [-0.2, 0) is 20.9 Å². The second kappa shape index (κ2) is 13.7. The third kappa shape index (κ3) is 7.50. The van der Waals surface area contributed by atoms with E-state index in [9.17, 15) is 23.2 Å². The van der Waals surface area contributed by atoms with Gasteiger partial charge in [-0.25, -0.2) is 13.8 Å². The standard InChI is InChI=1S/C29H30F2N6O3/c1-17-26(37-16-36-17)13-21(15-38)22-8-6-19(12-25(22)32)5-4-10-34-28(39)27(18(2)33-3)29(40)35-14-20-7-9-23(30)24(31)11-20/h4-9,11-13,15-16,33H,10,14,32H2,1-3H3,(H,34,39)(H,35,40)(H,36,37)/b5-4+,21-13+,27-18-. The van der Waals surface area contributed by atoms with E-state index in [1.165, 1.54) is 6.07 Å². The van der Waals surface area contributed by atoms with Gasteiger partial charge in [0.2, 0.25) is 0 Å². The number of anilines is 1. The van der Waals surface area contributed by atoms with Crippen LogP contribution >= 0.6 is 0 Å². The van der Waals surface area contributed by atoms with Gasteiger partial charge in [0.15, 0.2) is 17.9 Å². The molecule has 0 aliphatic heterocycles. The minimum atomic E-state index is -1.03. The molecule has 9 nitrogen and oxygen atoms in total. The molecule has 0 saturated carbocycles. The van der Waals surface area contributed by atoms with E-state index in [4.69, 9.17) is 5.73 Å². The number of allylic oxidation sites excluding steroid dienone is 2. The molecular weight excluding hydrogens is 518 g/mol. The molecule has 2 amide bonds. The van der Waals surface area contributed by atoms with Crippen molar-refractivity contribution in [3.8, 4) is 0 Å². The van der Waals surface area contributed by atoms with Gasteiger partial charge in [-0.3, -0.25) is 14.4 Å². The number of rotatable bonds is 11. The normalized spacial score (nSPS) is 12.2. The summed E-state index contributed by atoms with van der Waals surface area (Å²) in [7, 11) is 1.57. The summed E-state index contributed by atoms with van der Waals surface area (Å²) in [5, 5.41) is 7.99. The maximum atomic E-state index is 13.4. The van der Waals surface area contributed by atoms with E-state index in [1.54, 1.807) is 56.7 Å². The summed E-state index contributed by atoms with van der Waals surface area (Å²) in [4.78, 5) is 44.3. The fourth-order valence-corrected chi connectivity index (χ4v) is 3.72. The van der Waals surface area contributed by atoms with Gasteiger partial charge in [-0.1, -0.05) is 30.4 Å². The molecule has 2 aromatic carbocycles. The number of halogens is 2. The fraction of sp³-hybridized carbons (Fsp3) is 0.172. The van der Waals surface area contributed by atoms with Crippen LogP contribution in [0.25, 0.3) is 17.7 Å². The molecule has 0 atom stereocenters. The first kappa shape index (κ1) is 29.5. The van der Waals surface area contributed by atoms with Crippen molar-refractivity contribution >= 4 is 41.5 Å². The first-order valence-corrected chi connectivity index (χ1v) is 12.3. The Morgan fingerprint density at radius 3 is 2.45 bits per heavy atom. The highest BCUT2D eigenvalue weighted by Gasteiger charge is 2.20. The molecule has 3 aromatic rings. The van der Waals surface area contributed by atoms with Gasteiger partial charge in [0.1, 0.15) is 5.57 Å². The fourth-order valence-electron chi connectivity index (χ4n) is 3.72. The van der Waals surface area contributed by atoms with Crippen molar-refractivity contribution in [3.05, 3.63) is 99.8 Å². The monoisotopic (exact) mass is 548 g/mol. The molecule has 0 bridgehead atoms. The number of H-pyrrole nitrogens is 1. The summed E-state index contributed by atoms with van der Waals surface area (Å²) >= 11 is 0. The number of benzene rings is 2. The molecule has 0 unspecified atom stereocenters. The molecule has 0 fully saturated rings. The Balaban J connectivity index is 1.63. The smallest absolute Gasteiger partial charge is 0.258 e. The van der Waals surface area contributed by atoms with Crippen molar-refractivity contribution in [1.29, 1.82) is 0 Å². The predicted octanol–water partition coefficient (Wildman–Crippen LogP) is 3.26. The van der Waals surface area contributed by atoms with Crippen LogP contribution in [0.1, 0.15) is 35.0 Å². The maximum absolute atomic E-state index is 13.4. The number of aromatic amines is 1. The number of imidazole rings is 1. The number of aromatic nitrogens is 2. The Labute approximate surface area is 230 Å². The third-order valence-electron chi connectivity index (χ3n) is 6.01. The number of nitrogens with two attached hydrogens (primary N) is 1. The number of carbonyl (C=O) groups is 3. The molecule has 11 heteroatoms. The van der Waals surface area contributed by atoms with E-state index in [0.717, 1.165) is 29.7 Å². The highest BCUT2D eigenvalue weighted by Crippen LogP contribution is 2.24. The lowest BCUT2D eigenvalue weighted by Crippen LogP contribution is -2.36. The number of carbonyl (C=O) groups excluding carboxylic acids is 3. The summed E-state index contributed by atoms with van der Waals surface area (Å²) in [6.07, 6.45) is 7.37. The lowest BCUT2D eigenvalue weighted by atomic mass is 10.0. The van der Waals surface area contributed by atoms with Crippen LogP contribution in [0, 0.1) is 18.6 Å². The van der Waals surface area contributed by atoms with Gasteiger partial charge in [-0.05, 0) is 49.2 Å². The first-order chi connectivity index (χ1) is 19.1. The highest BCUT2D eigenvalue weighted by molar-refractivity contribution is 6.19. The zero-order valence-electron chi connectivity index (χ0n) is 22.3. The number of hydrogen-bond acceptors (Lipinski definition) is 6. The van der Waals surface area contributed by atoms with Crippen LogP contribution < -0.4 is 21.7 Å². The van der Waals surface area contributed by atoms with E-state index in [-0.39, 0.29) is 18.7 Å². The second-order valence-corrected chi connectivity index (χ2v) is 8.76. The Kier molecular flexibility index (Phi) is 10.1. The molecule has 0 aliphatic carbocycles. The van der Waals surface area contributed by atoms with Crippen molar-refractivity contribution in [2.75, 3.05) is 19.3 Å². The quantitative estimate of drug-likeness (QED) is 0.0819. The second-order valence-electron chi connectivity index (χ2n) is 8.76. The van der Waals surface area contributed by atoms with Crippen LogP contribution in [-0.4, -0.2) is 41.7 Å². The average molecular weight is 549 g/mol. The Morgan fingerprint density at radius 1 is 1.07 bits per heavy atom. The summed E-state index contributed by atoms with van der Waals surface area (Å²) in [6, 6.07) is 8.49. The number of amides is 2. The molecule has 0 spiro atoms. The lowest BCUT2D eigenvalue weighted by molar-refractivity contribution is -0.123.